The number of carbonyl (C=O) groups excluding carboxylic acids is 2. The van der Waals surface area contributed by atoms with E-state index in [4.69, 9.17) is 0 Å². The van der Waals surface area contributed by atoms with Crippen LogP contribution in [0.2, 0.25) is 0 Å². The van der Waals surface area contributed by atoms with Crippen LogP contribution in [0.25, 0.3) is 0 Å². The molecule has 0 saturated carbocycles. The second-order valence-corrected chi connectivity index (χ2v) is 8.64. The van der Waals surface area contributed by atoms with Crippen molar-refractivity contribution in [2.45, 2.75) is 72.0 Å². The zero-order valence-corrected chi connectivity index (χ0v) is 17.1. The lowest BCUT2D eigenvalue weighted by molar-refractivity contribution is -0.141. The van der Waals surface area contributed by atoms with Crippen LogP contribution in [0.3, 0.4) is 0 Å². The van der Waals surface area contributed by atoms with Gasteiger partial charge in [-0.3, -0.25) is 4.79 Å². The first kappa shape index (κ1) is 19.7. The van der Waals surface area contributed by atoms with Gasteiger partial charge in [-0.15, -0.1) is 0 Å². The number of carbonyl (C=O) groups is 2. The van der Waals surface area contributed by atoms with Crippen molar-refractivity contribution in [2.24, 2.45) is 5.41 Å². The summed E-state index contributed by atoms with van der Waals surface area (Å²) in [6.45, 7) is 11.1. The molecule has 150 valence electrons. The molecule has 0 bridgehead atoms. The summed E-state index contributed by atoms with van der Waals surface area (Å²) < 4.78 is 2.07. The third-order valence-electron chi connectivity index (χ3n) is 5.97. The van der Waals surface area contributed by atoms with E-state index in [0.29, 0.717) is 19.0 Å². The van der Waals surface area contributed by atoms with Gasteiger partial charge in [-0.25, -0.2) is 9.78 Å². The van der Waals surface area contributed by atoms with Gasteiger partial charge in [-0.2, -0.15) is 0 Å². The lowest BCUT2D eigenvalue weighted by Crippen LogP contribution is -2.57. The number of nitrogens with zero attached hydrogens (tertiary/aromatic N) is 4. The molecule has 3 amide bonds. The van der Waals surface area contributed by atoms with Gasteiger partial charge in [0, 0.05) is 55.9 Å². The van der Waals surface area contributed by atoms with E-state index in [1.165, 1.54) is 0 Å². The van der Waals surface area contributed by atoms with Crippen LogP contribution in [-0.2, 0) is 11.3 Å². The number of nitrogens with one attached hydrogen (secondary N) is 1. The molecule has 1 spiro atoms. The molecule has 3 rings (SSSR count). The molecule has 0 aliphatic carbocycles. The van der Waals surface area contributed by atoms with E-state index < -0.39 is 0 Å². The van der Waals surface area contributed by atoms with Gasteiger partial charge in [-0.05, 0) is 47.0 Å². The molecule has 1 aromatic rings. The molecule has 2 fully saturated rings. The summed E-state index contributed by atoms with van der Waals surface area (Å²) in [6.07, 6.45) is 7.29. The number of hydrogen-bond donors (Lipinski definition) is 1. The Morgan fingerprint density at radius 1 is 1.22 bits per heavy atom. The van der Waals surface area contributed by atoms with E-state index in [-0.39, 0.29) is 23.4 Å². The van der Waals surface area contributed by atoms with Gasteiger partial charge in [0.2, 0.25) is 5.91 Å². The second-order valence-electron chi connectivity index (χ2n) is 8.64. The minimum atomic E-state index is -0.0274. The molecule has 1 aromatic heterocycles. The van der Waals surface area contributed by atoms with Crippen molar-refractivity contribution >= 4 is 11.9 Å². The van der Waals surface area contributed by atoms with Crippen LogP contribution in [0.1, 0.15) is 65.2 Å². The third kappa shape index (κ3) is 4.28. The largest absolute Gasteiger partial charge is 0.340 e. The van der Waals surface area contributed by atoms with Gasteiger partial charge in [0.05, 0.1) is 6.54 Å². The molecule has 0 unspecified atom stereocenters. The van der Waals surface area contributed by atoms with Gasteiger partial charge in [-0.1, -0.05) is 0 Å². The second kappa shape index (κ2) is 7.90. The Balaban J connectivity index is 1.61. The first-order chi connectivity index (χ1) is 12.8. The van der Waals surface area contributed by atoms with Gasteiger partial charge in [0.1, 0.15) is 5.82 Å². The highest BCUT2D eigenvalue weighted by Crippen LogP contribution is 2.39. The predicted octanol–water partition coefficient (Wildman–Crippen LogP) is 2.79. The molecule has 1 N–H and O–H groups in total. The summed E-state index contributed by atoms with van der Waals surface area (Å²) in [5.41, 5.74) is 0.0458. The molecule has 2 aliphatic rings. The number of rotatable bonds is 4. The van der Waals surface area contributed by atoms with Crippen LogP contribution in [0.4, 0.5) is 4.79 Å². The topological polar surface area (TPSA) is 70.5 Å². The third-order valence-corrected chi connectivity index (χ3v) is 5.97. The van der Waals surface area contributed by atoms with Gasteiger partial charge < -0.3 is 19.7 Å². The van der Waals surface area contributed by atoms with Crippen LogP contribution in [-0.4, -0.2) is 57.0 Å². The molecule has 3 heterocycles. The Bertz CT molecular complexity index is 684. The average molecular weight is 376 g/mol. The van der Waals surface area contributed by atoms with Gasteiger partial charge >= 0.3 is 6.03 Å². The van der Waals surface area contributed by atoms with Crippen molar-refractivity contribution in [3.8, 4) is 0 Å². The SMILES string of the molecule is CC(C)N1C[C@@]2(CCCN(C(=O)NCc3nccn3C(C)C)C2)CCC1=O. The number of likely N-dealkylation sites (tertiary alicyclic amines) is 2. The molecule has 0 aromatic carbocycles. The molecule has 27 heavy (non-hydrogen) atoms. The van der Waals surface area contributed by atoms with E-state index in [1.54, 1.807) is 6.20 Å². The highest BCUT2D eigenvalue weighted by Gasteiger charge is 2.43. The zero-order valence-electron chi connectivity index (χ0n) is 17.1. The molecular formula is C20H33N5O2. The van der Waals surface area contributed by atoms with E-state index in [1.807, 2.05) is 16.0 Å². The summed E-state index contributed by atoms with van der Waals surface area (Å²) in [5, 5.41) is 3.04. The molecule has 2 aliphatic heterocycles. The number of piperidine rings is 2. The van der Waals surface area contributed by atoms with E-state index >= 15 is 0 Å². The Labute approximate surface area is 162 Å². The monoisotopic (exact) mass is 375 g/mol. The molecule has 1 atom stereocenters. The maximum absolute atomic E-state index is 12.8. The number of amides is 3. The minimum absolute atomic E-state index is 0.0274. The summed E-state index contributed by atoms with van der Waals surface area (Å²) in [5.74, 6) is 1.12. The van der Waals surface area contributed by atoms with Crippen LogP contribution < -0.4 is 5.32 Å². The summed E-state index contributed by atoms with van der Waals surface area (Å²) in [7, 11) is 0. The van der Waals surface area contributed by atoms with Gasteiger partial charge in [0.15, 0.2) is 0 Å². The average Bonchev–Trinajstić information content (AvgIpc) is 3.11. The summed E-state index contributed by atoms with van der Waals surface area (Å²) >= 11 is 0. The van der Waals surface area contributed by atoms with Crippen LogP contribution in [0.5, 0.6) is 0 Å². The first-order valence-electron chi connectivity index (χ1n) is 10.2. The molecule has 7 heteroatoms. The Hall–Kier alpha value is -2.05. The first-order valence-corrected chi connectivity index (χ1v) is 10.2. The van der Waals surface area contributed by atoms with Crippen molar-refractivity contribution in [3.05, 3.63) is 18.2 Å². The molecule has 2 saturated heterocycles. The molecule has 7 nitrogen and oxygen atoms in total. The fourth-order valence-electron chi connectivity index (χ4n) is 4.45. The Morgan fingerprint density at radius 3 is 2.70 bits per heavy atom. The van der Waals surface area contributed by atoms with Crippen molar-refractivity contribution in [1.82, 2.24) is 24.7 Å². The highest BCUT2D eigenvalue weighted by atomic mass is 16.2. The lowest BCUT2D eigenvalue weighted by Gasteiger charge is -2.49. The summed E-state index contributed by atoms with van der Waals surface area (Å²) in [4.78, 5) is 33.3. The molecular weight excluding hydrogens is 342 g/mol. The van der Waals surface area contributed by atoms with Crippen LogP contribution in [0.15, 0.2) is 12.4 Å². The van der Waals surface area contributed by atoms with Crippen LogP contribution in [0, 0.1) is 5.41 Å². The number of hydrogen-bond acceptors (Lipinski definition) is 3. The predicted molar refractivity (Wildman–Crippen MR) is 104 cm³/mol. The summed E-state index contributed by atoms with van der Waals surface area (Å²) in [6, 6.07) is 0.508. The Morgan fingerprint density at radius 2 is 2.00 bits per heavy atom. The maximum atomic E-state index is 12.8. The van der Waals surface area contributed by atoms with Crippen molar-refractivity contribution in [1.29, 1.82) is 0 Å². The standard InChI is InChI=1S/C20H33N5O2/c1-15(2)24-11-9-21-17(24)12-22-19(27)23-10-5-7-20(13-23)8-6-18(26)25(14-20)16(3)4/h9,11,15-16H,5-8,10,12-14H2,1-4H3,(H,22,27)/t20-/m0/s1. The van der Waals surface area contributed by atoms with E-state index in [2.05, 4.69) is 42.6 Å². The zero-order chi connectivity index (χ0) is 19.6. The van der Waals surface area contributed by atoms with Crippen molar-refractivity contribution in [3.63, 3.8) is 0 Å². The van der Waals surface area contributed by atoms with Crippen molar-refractivity contribution in [2.75, 3.05) is 19.6 Å². The number of aromatic nitrogens is 2. The maximum Gasteiger partial charge on any atom is 0.317 e. The smallest absolute Gasteiger partial charge is 0.317 e. The lowest BCUT2D eigenvalue weighted by atomic mass is 9.73. The van der Waals surface area contributed by atoms with E-state index in [9.17, 15) is 9.59 Å². The number of imidazole rings is 1. The minimum Gasteiger partial charge on any atom is -0.340 e. The quantitative estimate of drug-likeness (QED) is 0.880. The Kier molecular flexibility index (Phi) is 5.77. The molecule has 0 radical (unpaired) electrons. The normalized spacial score (nSPS) is 23.6. The highest BCUT2D eigenvalue weighted by molar-refractivity contribution is 5.78. The van der Waals surface area contributed by atoms with Gasteiger partial charge in [0.25, 0.3) is 0 Å². The number of urea groups is 1. The fourth-order valence-corrected chi connectivity index (χ4v) is 4.45. The van der Waals surface area contributed by atoms with Crippen molar-refractivity contribution < 1.29 is 9.59 Å². The van der Waals surface area contributed by atoms with E-state index in [0.717, 1.165) is 44.7 Å². The van der Waals surface area contributed by atoms with Crippen LogP contribution >= 0.6 is 0 Å². The fraction of sp³-hybridized carbons (Fsp3) is 0.750.